The summed E-state index contributed by atoms with van der Waals surface area (Å²) in [5.74, 6) is 0.258. The normalized spacial score (nSPS) is 21.4. The second-order valence-corrected chi connectivity index (χ2v) is 5.89. The highest BCUT2D eigenvalue weighted by molar-refractivity contribution is 5.84. The van der Waals surface area contributed by atoms with Gasteiger partial charge in [-0.3, -0.25) is 4.79 Å². The van der Waals surface area contributed by atoms with E-state index in [4.69, 9.17) is 10.5 Å². The van der Waals surface area contributed by atoms with Gasteiger partial charge in [-0.25, -0.2) is 0 Å². The van der Waals surface area contributed by atoms with E-state index >= 15 is 0 Å². The van der Waals surface area contributed by atoms with Crippen molar-refractivity contribution in [1.29, 1.82) is 0 Å². The fourth-order valence-electron chi connectivity index (χ4n) is 3.35. The summed E-state index contributed by atoms with van der Waals surface area (Å²) in [6.45, 7) is 0. The van der Waals surface area contributed by atoms with Crippen molar-refractivity contribution in [3.8, 4) is 0 Å². The van der Waals surface area contributed by atoms with Gasteiger partial charge in [-0.1, -0.05) is 54.6 Å². The van der Waals surface area contributed by atoms with Crippen LogP contribution in [-0.4, -0.2) is 12.9 Å². The smallest absolute Gasteiger partial charge is 0.166 e. The zero-order valence-electron chi connectivity index (χ0n) is 12.7. The summed E-state index contributed by atoms with van der Waals surface area (Å²) in [6.07, 6.45) is 0.814. The molecule has 0 spiro atoms. The van der Waals surface area contributed by atoms with E-state index in [-0.39, 0.29) is 17.7 Å². The van der Waals surface area contributed by atoms with Gasteiger partial charge in [0.05, 0.1) is 0 Å². The number of carbonyl (C=O) groups is 1. The van der Waals surface area contributed by atoms with E-state index in [2.05, 4.69) is 12.1 Å². The first kappa shape index (κ1) is 14.9. The Labute approximate surface area is 131 Å². The predicted molar refractivity (Wildman–Crippen MR) is 86.4 cm³/mol. The minimum Gasteiger partial charge on any atom is -0.369 e. The number of carbonyl (C=O) groups excluding carboxylic acids is 1. The third kappa shape index (κ3) is 2.82. The second-order valence-electron chi connectivity index (χ2n) is 5.89. The summed E-state index contributed by atoms with van der Waals surface area (Å²) in [7, 11) is 1.58. The van der Waals surface area contributed by atoms with Crippen LogP contribution in [0.3, 0.4) is 0 Å². The van der Waals surface area contributed by atoms with E-state index in [9.17, 15) is 4.79 Å². The number of hydrogen-bond acceptors (Lipinski definition) is 3. The molecular formula is C19H21NO2. The Balaban J connectivity index is 1.72. The van der Waals surface area contributed by atoms with Crippen LogP contribution in [0.1, 0.15) is 35.3 Å². The molecule has 1 aliphatic carbocycles. The summed E-state index contributed by atoms with van der Waals surface area (Å²) >= 11 is 0. The Bertz CT molecular complexity index is 653. The molecule has 114 valence electrons. The number of hydrogen-bond donors (Lipinski definition) is 1. The highest BCUT2D eigenvalue weighted by Crippen LogP contribution is 2.37. The molecule has 3 nitrogen and oxygen atoms in total. The van der Waals surface area contributed by atoms with Crippen LogP contribution in [0.4, 0.5) is 0 Å². The molecule has 2 aromatic rings. The maximum Gasteiger partial charge on any atom is 0.166 e. The minimum atomic E-state index is -0.503. The molecule has 1 aliphatic rings. The molecule has 3 heteroatoms. The molecule has 0 unspecified atom stereocenters. The minimum absolute atomic E-state index is 0.0616. The van der Waals surface area contributed by atoms with E-state index in [1.807, 2.05) is 42.5 Å². The Morgan fingerprint density at radius 1 is 1.18 bits per heavy atom. The van der Waals surface area contributed by atoms with Crippen molar-refractivity contribution in [2.24, 2.45) is 11.7 Å². The van der Waals surface area contributed by atoms with E-state index in [0.717, 1.165) is 12.0 Å². The van der Waals surface area contributed by atoms with Crippen molar-refractivity contribution in [2.45, 2.75) is 25.0 Å². The van der Waals surface area contributed by atoms with E-state index in [1.54, 1.807) is 7.11 Å². The Morgan fingerprint density at radius 2 is 1.86 bits per heavy atom. The van der Waals surface area contributed by atoms with Crippen molar-refractivity contribution >= 4 is 5.78 Å². The van der Waals surface area contributed by atoms with Gasteiger partial charge in [0.2, 0.25) is 0 Å². The third-order valence-electron chi connectivity index (χ3n) is 4.50. The molecule has 0 aromatic heterocycles. The maximum atomic E-state index is 12.6. The molecule has 0 fully saturated rings. The Morgan fingerprint density at radius 3 is 2.55 bits per heavy atom. The van der Waals surface area contributed by atoms with Crippen LogP contribution in [0.15, 0.2) is 54.6 Å². The van der Waals surface area contributed by atoms with Gasteiger partial charge in [-0.2, -0.15) is 0 Å². The summed E-state index contributed by atoms with van der Waals surface area (Å²) < 4.78 is 5.43. The van der Waals surface area contributed by atoms with Crippen LogP contribution in [-0.2, 0) is 16.0 Å². The fraction of sp³-hybridized carbons (Fsp3) is 0.316. The maximum absolute atomic E-state index is 12.6. The van der Waals surface area contributed by atoms with Gasteiger partial charge in [0.25, 0.3) is 0 Å². The first-order valence-electron chi connectivity index (χ1n) is 7.64. The van der Waals surface area contributed by atoms with Crippen LogP contribution in [0.25, 0.3) is 0 Å². The van der Waals surface area contributed by atoms with E-state index < -0.39 is 6.10 Å². The number of fused-ring (bicyclic) bond motifs is 1. The zero-order chi connectivity index (χ0) is 15.5. The molecule has 0 saturated heterocycles. The topological polar surface area (TPSA) is 52.3 Å². The molecule has 0 heterocycles. The molecule has 0 radical (unpaired) electrons. The van der Waals surface area contributed by atoms with Crippen molar-refractivity contribution in [3.05, 3.63) is 71.3 Å². The highest BCUT2D eigenvalue weighted by Gasteiger charge is 2.33. The average molecular weight is 295 g/mol. The monoisotopic (exact) mass is 295 g/mol. The largest absolute Gasteiger partial charge is 0.369 e. The molecule has 0 amide bonds. The summed E-state index contributed by atoms with van der Waals surface area (Å²) in [6, 6.07) is 17.8. The van der Waals surface area contributed by atoms with Crippen LogP contribution in [0, 0.1) is 5.92 Å². The van der Waals surface area contributed by atoms with Gasteiger partial charge in [0.15, 0.2) is 5.78 Å². The van der Waals surface area contributed by atoms with Gasteiger partial charge in [0.1, 0.15) is 6.10 Å². The lowest BCUT2D eigenvalue weighted by atomic mass is 9.91. The molecule has 2 aromatic carbocycles. The summed E-state index contributed by atoms with van der Waals surface area (Å²) in [5, 5.41) is 0. The number of ketones is 1. The van der Waals surface area contributed by atoms with E-state index in [0.29, 0.717) is 6.42 Å². The number of nitrogens with two attached hydrogens (primary N) is 1. The first-order valence-corrected chi connectivity index (χ1v) is 7.64. The van der Waals surface area contributed by atoms with Crippen molar-refractivity contribution in [2.75, 3.05) is 7.11 Å². The summed E-state index contributed by atoms with van der Waals surface area (Å²) in [5.41, 5.74) is 9.67. The number of rotatable bonds is 5. The zero-order valence-corrected chi connectivity index (χ0v) is 12.7. The average Bonchev–Trinajstić information content (AvgIpc) is 2.86. The van der Waals surface area contributed by atoms with Crippen LogP contribution < -0.4 is 5.73 Å². The lowest BCUT2D eigenvalue weighted by molar-refractivity contribution is -0.130. The number of benzene rings is 2. The quantitative estimate of drug-likeness (QED) is 0.921. The van der Waals surface area contributed by atoms with Crippen molar-refractivity contribution in [1.82, 2.24) is 0 Å². The lowest BCUT2D eigenvalue weighted by Gasteiger charge is -2.19. The molecule has 3 atom stereocenters. The molecule has 3 rings (SSSR count). The third-order valence-corrected chi connectivity index (χ3v) is 4.50. The second kappa shape index (κ2) is 6.42. The number of methoxy groups -OCH3 is 1. The van der Waals surface area contributed by atoms with Crippen LogP contribution in [0.2, 0.25) is 0 Å². The molecular weight excluding hydrogens is 274 g/mol. The van der Waals surface area contributed by atoms with E-state index in [1.165, 1.54) is 11.1 Å². The van der Waals surface area contributed by atoms with Gasteiger partial charge < -0.3 is 10.5 Å². The molecule has 0 saturated carbocycles. The van der Waals surface area contributed by atoms with Crippen LogP contribution in [0.5, 0.6) is 0 Å². The van der Waals surface area contributed by atoms with Crippen molar-refractivity contribution < 1.29 is 9.53 Å². The fourth-order valence-corrected chi connectivity index (χ4v) is 3.35. The van der Waals surface area contributed by atoms with Gasteiger partial charge in [-0.15, -0.1) is 0 Å². The van der Waals surface area contributed by atoms with Gasteiger partial charge in [0, 0.05) is 19.6 Å². The first-order chi connectivity index (χ1) is 10.7. The lowest BCUT2D eigenvalue weighted by Crippen LogP contribution is -2.23. The van der Waals surface area contributed by atoms with Gasteiger partial charge in [-0.05, 0) is 29.0 Å². The molecule has 0 bridgehead atoms. The van der Waals surface area contributed by atoms with Gasteiger partial charge >= 0.3 is 0 Å². The molecule has 0 aliphatic heterocycles. The standard InChI is InChI=1S/C19H21NO2/c1-22-19(13-7-3-2-4-8-13)17(21)12-15-11-14-9-5-6-10-16(14)18(15)20/h2-10,15,18-19H,11-12,20H2,1H3/t15-,18-,19+/m1/s1. The Hall–Kier alpha value is -1.97. The van der Waals surface area contributed by atoms with Crippen molar-refractivity contribution in [3.63, 3.8) is 0 Å². The number of Topliss-reactive ketones (excluding diaryl/α,β-unsaturated/α-hetero) is 1. The SMILES string of the molecule is CO[C@H](C(=O)C[C@H]1Cc2ccccc2[C@@H]1N)c1ccccc1. The highest BCUT2D eigenvalue weighted by atomic mass is 16.5. The summed E-state index contributed by atoms with van der Waals surface area (Å²) in [4.78, 5) is 12.6. The number of ether oxygens (including phenoxy) is 1. The molecule has 2 N–H and O–H groups in total. The Kier molecular flexibility index (Phi) is 4.36. The van der Waals surface area contributed by atoms with Crippen LogP contribution >= 0.6 is 0 Å². The predicted octanol–water partition coefficient (Wildman–Crippen LogP) is 3.21. The molecule has 22 heavy (non-hydrogen) atoms.